The maximum Gasteiger partial charge on any atom is 0.160 e. The standard InChI is InChI=1S/C19H20N4/c1-13-9-16-17(21-11-13)23(18(22-16)19(2,3)4)12-15-8-6-5-7-14(15)10-20/h5-9,11H,12H2,1-4H3. The van der Waals surface area contributed by atoms with Crippen molar-refractivity contribution in [3.63, 3.8) is 0 Å². The van der Waals surface area contributed by atoms with Crippen LogP contribution in [-0.2, 0) is 12.0 Å². The van der Waals surface area contributed by atoms with Crippen molar-refractivity contribution in [2.45, 2.75) is 39.7 Å². The maximum atomic E-state index is 9.34. The molecule has 0 fully saturated rings. The minimum Gasteiger partial charge on any atom is -0.308 e. The van der Waals surface area contributed by atoms with Crippen molar-refractivity contribution < 1.29 is 0 Å². The SMILES string of the molecule is Cc1cnc2c(c1)nc(C(C)(C)C)n2Cc1ccccc1C#N. The van der Waals surface area contributed by atoms with Crippen LogP contribution in [-0.4, -0.2) is 14.5 Å². The van der Waals surface area contributed by atoms with Crippen LogP contribution in [0.3, 0.4) is 0 Å². The molecule has 23 heavy (non-hydrogen) atoms. The number of aromatic nitrogens is 3. The third kappa shape index (κ3) is 2.83. The highest BCUT2D eigenvalue weighted by molar-refractivity contribution is 5.72. The fourth-order valence-electron chi connectivity index (χ4n) is 2.77. The Morgan fingerprint density at radius 1 is 1.22 bits per heavy atom. The van der Waals surface area contributed by atoms with E-state index in [0.717, 1.165) is 28.1 Å². The molecule has 0 atom stereocenters. The van der Waals surface area contributed by atoms with Crippen LogP contribution in [0.15, 0.2) is 36.5 Å². The Kier molecular flexibility index (Phi) is 3.65. The molecule has 0 bridgehead atoms. The highest BCUT2D eigenvalue weighted by Crippen LogP contribution is 2.27. The van der Waals surface area contributed by atoms with Gasteiger partial charge in [0, 0.05) is 11.6 Å². The highest BCUT2D eigenvalue weighted by atomic mass is 15.1. The van der Waals surface area contributed by atoms with Crippen LogP contribution in [0.1, 0.15) is 43.3 Å². The molecule has 0 amide bonds. The van der Waals surface area contributed by atoms with Crippen molar-refractivity contribution in [1.29, 1.82) is 5.26 Å². The van der Waals surface area contributed by atoms with Gasteiger partial charge in [0.25, 0.3) is 0 Å². The average Bonchev–Trinajstić information content (AvgIpc) is 2.86. The number of aryl methyl sites for hydroxylation is 1. The molecule has 3 aromatic rings. The van der Waals surface area contributed by atoms with Gasteiger partial charge in [-0.25, -0.2) is 9.97 Å². The zero-order chi connectivity index (χ0) is 16.6. The third-order valence-corrected chi connectivity index (χ3v) is 3.86. The predicted molar refractivity (Wildman–Crippen MR) is 91.2 cm³/mol. The zero-order valence-corrected chi connectivity index (χ0v) is 14.0. The van der Waals surface area contributed by atoms with E-state index >= 15 is 0 Å². The van der Waals surface area contributed by atoms with Crippen LogP contribution in [0.4, 0.5) is 0 Å². The van der Waals surface area contributed by atoms with Gasteiger partial charge in [-0.3, -0.25) is 0 Å². The lowest BCUT2D eigenvalue weighted by molar-refractivity contribution is 0.515. The van der Waals surface area contributed by atoms with Gasteiger partial charge in [-0.1, -0.05) is 39.0 Å². The number of fused-ring (bicyclic) bond motifs is 1. The molecule has 0 saturated carbocycles. The first kappa shape index (κ1) is 15.2. The first-order valence-corrected chi connectivity index (χ1v) is 7.71. The number of hydrogen-bond donors (Lipinski definition) is 0. The summed E-state index contributed by atoms with van der Waals surface area (Å²) in [6.45, 7) is 9.06. The van der Waals surface area contributed by atoms with E-state index in [2.05, 4.69) is 42.5 Å². The second-order valence-electron chi connectivity index (χ2n) is 6.90. The average molecular weight is 304 g/mol. The molecule has 2 heterocycles. The molecule has 0 aliphatic rings. The smallest absolute Gasteiger partial charge is 0.160 e. The predicted octanol–water partition coefficient (Wildman–Crippen LogP) is 3.96. The Morgan fingerprint density at radius 2 is 1.96 bits per heavy atom. The summed E-state index contributed by atoms with van der Waals surface area (Å²) >= 11 is 0. The van der Waals surface area contributed by atoms with Crippen molar-refractivity contribution in [1.82, 2.24) is 14.5 Å². The van der Waals surface area contributed by atoms with Gasteiger partial charge in [0.2, 0.25) is 0 Å². The number of nitriles is 1. The molecular weight excluding hydrogens is 284 g/mol. The van der Waals surface area contributed by atoms with Gasteiger partial charge >= 0.3 is 0 Å². The van der Waals surface area contributed by atoms with Crippen molar-refractivity contribution in [3.8, 4) is 6.07 Å². The molecule has 3 rings (SSSR count). The molecular formula is C19H20N4. The van der Waals surface area contributed by atoms with Crippen molar-refractivity contribution in [2.75, 3.05) is 0 Å². The third-order valence-electron chi connectivity index (χ3n) is 3.86. The molecule has 0 unspecified atom stereocenters. The zero-order valence-electron chi connectivity index (χ0n) is 14.0. The summed E-state index contributed by atoms with van der Waals surface area (Å²) in [6, 6.07) is 12.0. The lowest BCUT2D eigenvalue weighted by Crippen LogP contribution is -2.20. The van der Waals surface area contributed by atoms with Gasteiger partial charge in [-0.05, 0) is 30.2 Å². The minimum atomic E-state index is -0.101. The van der Waals surface area contributed by atoms with E-state index in [1.54, 1.807) is 0 Å². The molecule has 0 spiro atoms. The number of hydrogen-bond acceptors (Lipinski definition) is 3. The van der Waals surface area contributed by atoms with E-state index in [4.69, 9.17) is 4.98 Å². The molecule has 2 aromatic heterocycles. The summed E-state index contributed by atoms with van der Waals surface area (Å²) in [7, 11) is 0. The molecule has 0 radical (unpaired) electrons. The van der Waals surface area contributed by atoms with E-state index in [1.807, 2.05) is 37.4 Å². The highest BCUT2D eigenvalue weighted by Gasteiger charge is 2.24. The minimum absolute atomic E-state index is 0.101. The molecule has 116 valence electrons. The Labute approximate surface area is 136 Å². The van der Waals surface area contributed by atoms with Gasteiger partial charge in [0.05, 0.1) is 18.2 Å². The maximum absolute atomic E-state index is 9.34. The second kappa shape index (κ2) is 5.51. The summed E-state index contributed by atoms with van der Waals surface area (Å²) in [5, 5.41) is 9.34. The summed E-state index contributed by atoms with van der Waals surface area (Å²) in [4.78, 5) is 9.40. The van der Waals surface area contributed by atoms with Crippen molar-refractivity contribution >= 4 is 11.2 Å². The van der Waals surface area contributed by atoms with E-state index in [1.165, 1.54) is 0 Å². The summed E-state index contributed by atoms with van der Waals surface area (Å²) in [5.74, 6) is 0.985. The number of rotatable bonds is 2. The number of benzene rings is 1. The van der Waals surface area contributed by atoms with E-state index in [-0.39, 0.29) is 5.41 Å². The summed E-state index contributed by atoms with van der Waals surface area (Å²) in [5.41, 5.74) is 4.46. The molecule has 4 nitrogen and oxygen atoms in total. The van der Waals surface area contributed by atoms with Gasteiger partial charge < -0.3 is 4.57 Å². The first-order valence-electron chi connectivity index (χ1n) is 7.71. The van der Waals surface area contributed by atoms with E-state index < -0.39 is 0 Å². The van der Waals surface area contributed by atoms with Crippen LogP contribution < -0.4 is 0 Å². The first-order chi connectivity index (χ1) is 10.9. The topological polar surface area (TPSA) is 54.5 Å². The van der Waals surface area contributed by atoms with Gasteiger partial charge in [0.15, 0.2) is 5.65 Å². The summed E-state index contributed by atoms with van der Waals surface area (Å²) < 4.78 is 2.13. The van der Waals surface area contributed by atoms with Crippen LogP contribution in [0.2, 0.25) is 0 Å². The number of pyridine rings is 1. The lowest BCUT2D eigenvalue weighted by Gasteiger charge is -2.20. The van der Waals surface area contributed by atoms with Crippen LogP contribution in [0.5, 0.6) is 0 Å². The monoisotopic (exact) mass is 304 g/mol. The Morgan fingerprint density at radius 3 is 2.65 bits per heavy atom. The van der Waals surface area contributed by atoms with Crippen molar-refractivity contribution in [2.24, 2.45) is 0 Å². The largest absolute Gasteiger partial charge is 0.308 e. The van der Waals surface area contributed by atoms with Crippen LogP contribution >= 0.6 is 0 Å². The molecule has 0 N–H and O–H groups in total. The van der Waals surface area contributed by atoms with Gasteiger partial charge in [0.1, 0.15) is 11.3 Å². The van der Waals surface area contributed by atoms with E-state index in [9.17, 15) is 5.26 Å². The summed E-state index contributed by atoms with van der Waals surface area (Å²) in [6.07, 6.45) is 1.86. The van der Waals surface area contributed by atoms with Crippen LogP contribution in [0, 0.1) is 18.3 Å². The van der Waals surface area contributed by atoms with Crippen LogP contribution in [0.25, 0.3) is 11.2 Å². The fourth-order valence-corrected chi connectivity index (χ4v) is 2.77. The number of nitrogens with zero attached hydrogens (tertiary/aromatic N) is 4. The Hall–Kier alpha value is -2.67. The van der Waals surface area contributed by atoms with Gasteiger partial charge in [-0.15, -0.1) is 0 Å². The van der Waals surface area contributed by atoms with Crippen molar-refractivity contribution in [3.05, 3.63) is 59.0 Å². The fraction of sp³-hybridized carbons (Fsp3) is 0.316. The van der Waals surface area contributed by atoms with Gasteiger partial charge in [-0.2, -0.15) is 5.26 Å². The molecule has 0 aliphatic carbocycles. The normalized spacial score (nSPS) is 11.6. The lowest BCUT2D eigenvalue weighted by atomic mass is 9.95. The second-order valence-corrected chi connectivity index (χ2v) is 6.90. The molecule has 1 aromatic carbocycles. The molecule has 0 saturated heterocycles. The quantitative estimate of drug-likeness (QED) is 0.720. The Balaban J connectivity index is 2.21. The molecule has 0 aliphatic heterocycles. The molecule has 4 heteroatoms. The van der Waals surface area contributed by atoms with E-state index in [0.29, 0.717) is 12.1 Å². The number of imidazole rings is 1. The Bertz CT molecular complexity index is 907.